The molecule has 1 saturated heterocycles. The van der Waals surface area contributed by atoms with Gasteiger partial charge in [-0.15, -0.1) is 0 Å². The molecule has 1 heterocycles. The van der Waals surface area contributed by atoms with Gasteiger partial charge < -0.3 is 19.7 Å². The Morgan fingerprint density at radius 1 is 1.04 bits per heavy atom. The number of piperidine rings is 1. The summed E-state index contributed by atoms with van der Waals surface area (Å²) in [6.07, 6.45) is 3.76. The zero-order valence-corrected chi connectivity index (χ0v) is 15.4. The summed E-state index contributed by atoms with van der Waals surface area (Å²) in [6.45, 7) is 2.03. The van der Waals surface area contributed by atoms with Gasteiger partial charge in [0.2, 0.25) is 0 Å². The van der Waals surface area contributed by atoms with Crippen LogP contribution < -0.4 is 15.0 Å². The number of ether oxygens (including phenoxy) is 2. The van der Waals surface area contributed by atoms with Crippen LogP contribution in [0, 0.1) is 0 Å². The summed E-state index contributed by atoms with van der Waals surface area (Å²) in [5.74, 6) is -0.267. The quantitative estimate of drug-likeness (QED) is 0.791. The molecule has 6 heteroatoms. The lowest BCUT2D eigenvalue weighted by atomic mass is 10.1. The first-order chi connectivity index (χ1) is 13.2. The summed E-state index contributed by atoms with van der Waals surface area (Å²) in [5, 5.41) is 2.82. The molecule has 0 bridgehead atoms. The number of benzene rings is 2. The molecule has 0 aromatic heterocycles. The van der Waals surface area contributed by atoms with E-state index in [0.29, 0.717) is 11.3 Å². The Morgan fingerprint density at radius 3 is 2.48 bits per heavy atom. The average molecular weight is 368 g/mol. The first kappa shape index (κ1) is 18.8. The molecular weight excluding hydrogens is 344 g/mol. The van der Waals surface area contributed by atoms with Crippen molar-refractivity contribution in [2.45, 2.75) is 19.3 Å². The Balaban J connectivity index is 1.51. The van der Waals surface area contributed by atoms with Gasteiger partial charge in [0.05, 0.1) is 12.7 Å². The van der Waals surface area contributed by atoms with Crippen LogP contribution in [-0.2, 0) is 9.53 Å². The van der Waals surface area contributed by atoms with Crippen LogP contribution in [0.4, 0.5) is 11.4 Å². The van der Waals surface area contributed by atoms with E-state index < -0.39 is 5.97 Å². The Hall–Kier alpha value is -3.02. The van der Waals surface area contributed by atoms with Crippen molar-refractivity contribution in [3.8, 4) is 5.75 Å². The normalized spacial score (nSPS) is 13.7. The van der Waals surface area contributed by atoms with Crippen LogP contribution in [-0.4, -0.2) is 38.7 Å². The fourth-order valence-corrected chi connectivity index (χ4v) is 3.08. The molecule has 0 radical (unpaired) electrons. The third-order valence-corrected chi connectivity index (χ3v) is 4.50. The number of rotatable bonds is 6. The van der Waals surface area contributed by atoms with Crippen molar-refractivity contribution in [1.82, 2.24) is 0 Å². The second-order valence-electron chi connectivity index (χ2n) is 6.45. The van der Waals surface area contributed by atoms with Gasteiger partial charge >= 0.3 is 5.97 Å². The summed E-state index contributed by atoms with van der Waals surface area (Å²) in [5.41, 5.74) is 2.29. The molecule has 1 amide bonds. The number of nitrogens with zero attached hydrogens (tertiary/aromatic N) is 1. The van der Waals surface area contributed by atoms with Crippen molar-refractivity contribution in [2.75, 3.05) is 37.0 Å². The number of nitrogens with one attached hydrogen (secondary N) is 1. The molecule has 142 valence electrons. The second kappa shape index (κ2) is 9.07. The van der Waals surface area contributed by atoms with E-state index in [4.69, 9.17) is 4.74 Å². The third-order valence-electron chi connectivity index (χ3n) is 4.50. The summed E-state index contributed by atoms with van der Waals surface area (Å²) in [7, 11) is 1.32. The maximum atomic E-state index is 12.1. The third kappa shape index (κ3) is 5.23. The fraction of sp³-hybridized carbons (Fsp3) is 0.333. The highest BCUT2D eigenvalue weighted by Crippen LogP contribution is 2.22. The van der Waals surface area contributed by atoms with E-state index >= 15 is 0 Å². The molecule has 1 aliphatic heterocycles. The van der Waals surface area contributed by atoms with Crippen LogP contribution in [0.5, 0.6) is 5.75 Å². The Kier molecular flexibility index (Phi) is 6.30. The highest BCUT2D eigenvalue weighted by Gasteiger charge is 2.11. The maximum Gasteiger partial charge on any atom is 0.337 e. The van der Waals surface area contributed by atoms with Gasteiger partial charge in [0.15, 0.2) is 6.61 Å². The lowest BCUT2D eigenvalue weighted by molar-refractivity contribution is -0.118. The van der Waals surface area contributed by atoms with E-state index in [1.54, 1.807) is 24.3 Å². The predicted molar refractivity (Wildman–Crippen MR) is 104 cm³/mol. The molecule has 2 aromatic rings. The minimum absolute atomic E-state index is 0.140. The number of hydrogen-bond donors (Lipinski definition) is 1. The number of esters is 1. The number of anilines is 2. The van der Waals surface area contributed by atoms with E-state index in [2.05, 4.69) is 15.0 Å². The lowest BCUT2D eigenvalue weighted by Crippen LogP contribution is -2.29. The maximum absolute atomic E-state index is 12.1. The molecule has 1 N–H and O–H groups in total. The second-order valence-corrected chi connectivity index (χ2v) is 6.45. The van der Waals surface area contributed by atoms with E-state index in [1.165, 1.54) is 32.1 Å². The predicted octanol–water partition coefficient (Wildman–Crippen LogP) is 3.48. The Labute approximate surface area is 159 Å². The van der Waals surface area contributed by atoms with Gasteiger partial charge in [0.1, 0.15) is 5.75 Å². The first-order valence-electron chi connectivity index (χ1n) is 9.12. The topological polar surface area (TPSA) is 67.9 Å². The number of amides is 1. The van der Waals surface area contributed by atoms with Gasteiger partial charge in [-0.05, 0) is 61.7 Å². The fourth-order valence-electron chi connectivity index (χ4n) is 3.08. The zero-order chi connectivity index (χ0) is 19.1. The summed E-state index contributed by atoms with van der Waals surface area (Å²) < 4.78 is 10.1. The number of hydrogen-bond acceptors (Lipinski definition) is 5. The molecule has 0 atom stereocenters. The molecule has 27 heavy (non-hydrogen) atoms. The molecular formula is C21H24N2O4. The summed E-state index contributed by atoms with van der Waals surface area (Å²) >= 11 is 0. The molecule has 6 nitrogen and oxygen atoms in total. The van der Waals surface area contributed by atoms with Crippen molar-refractivity contribution >= 4 is 23.3 Å². The molecule has 0 aliphatic carbocycles. The van der Waals surface area contributed by atoms with Crippen LogP contribution in [0.1, 0.15) is 29.6 Å². The largest absolute Gasteiger partial charge is 0.484 e. The summed E-state index contributed by atoms with van der Waals surface area (Å²) in [6, 6.07) is 14.4. The Bertz CT molecular complexity index is 783. The molecule has 0 saturated carbocycles. The average Bonchev–Trinajstić information content (AvgIpc) is 2.73. The zero-order valence-electron chi connectivity index (χ0n) is 15.4. The minimum atomic E-state index is -0.446. The van der Waals surface area contributed by atoms with Crippen LogP contribution in [0.15, 0.2) is 48.5 Å². The van der Waals surface area contributed by atoms with Crippen molar-refractivity contribution in [3.63, 3.8) is 0 Å². The standard InChI is InChI=1S/C21H24N2O4/c1-26-21(25)16-6-5-7-19(14-16)27-15-20(24)22-17-8-10-18(11-9-17)23-12-3-2-4-13-23/h5-11,14H,2-4,12-13,15H2,1H3,(H,22,24). The van der Waals surface area contributed by atoms with Gasteiger partial charge in [-0.1, -0.05) is 6.07 Å². The first-order valence-corrected chi connectivity index (χ1v) is 9.12. The van der Waals surface area contributed by atoms with Crippen LogP contribution in [0.3, 0.4) is 0 Å². The van der Waals surface area contributed by atoms with Gasteiger partial charge in [-0.3, -0.25) is 4.79 Å². The number of methoxy groups -OCH3 is 1. The molecule has 3 rings (SSSR count). The Morgan fingerprint density at radius 2 is 1.78 bits per heavy atom. The van der Waals surface area contributed by atoms with Crippen molar-refractivity contribution < 1.29 is 19.1 Å². The molecule has 0 spiro atoms. The smallest absolute Gasteiger partial charge is 0.337 e. The molecule has 1 fully saturated rings. The highest BCUT2D eigenvalue weighted by atomic mass is 16.5. The SMILES string of the molecule is COC(=O)c1cccc(OCC(=O)Nc2ccc(N3CCCCC3)cc2)c1. The van der Waals surface area contributed by atoms with Gasteiger partial charge in [-0.25, -0.2) is 4.79 Å². The molecule has 0 unspecified atom stereocenters. The van der Waals surface area contributed by atoms with Gasteiger partial charge in [0.25, 0.3) is 5.91 Å². The van der Waals surface area contributed by atoms with Crippen molar-refractivity contribution in [2.24, 2.45) is 0 Å². The van der Waals surface area contributed by atoms with Crippen molar-refractivity contribution in [3.05, 3.63) is 54.1 Å². The molecule has 2 aromatic carbocycles. The minimum Gasteiger partial charge on any atom is -0.484 e. The van der Waals surface area contributed by atoms with E-state index in [9.17, 15) is 9.59 Å². The van der Waals surface area contributed by atoms with Gasteiger partial charge in [-0.2, -0.15) is 0 Å². The summed E-state index contributed by atoms with van der Waals surface area (Å²) in [4.78, 5) is 26.0. The van der Waals surface area contributed by atoms with Gasteiger partial charge in [0, 0.05) is 24.5 Å². The van der Waals surface area contributed by atoms with E-state index in [1.807, 2.05) is 24.3 Å². The van der Waals surface area contributed by atoms with Crippen LogP contribution in [0.25, 0.3) is 0 Å². The van der Waals surface area contributed by atoms with Crippen molar-refractivity contribution in [1.29, 1.82) is 0 Å². The lowest BCUT2D eigenvalue weighted by Gasteiger charge is -2.28. The van der Waals surface area contributed by atoms with E-state index in [-0.39, 0.29) is 12.5 Å². The molecule has 1 aliphatic rings. The van der Waals surface area contributed by atoms with Crippen LogP contribution >= 0.6 is 0 Å². The highest BCUT2D eigenvalue weighted by molar-refractivity contribution is 5.92. The van der Waals surface area contributed by atoms with E-state index in [0.717, 1.165) is 18.8 Å². The monoisotopic (exact) mass is 368 g/mol. The van der Waals surface area contributed by atoms with Crippen LogP contribution in [0.2, 0.25) is 0 Å². The number of carbonyl (C=O) groups excluding carboxylic acids is 2. The number of carbonyl (C=O) groups is 2.